The van der Waals surface area contributed by atoms with Crippen molar-refractivity contribution in [3.05, 3.63) is 82.9 Å². The number of benzene rings is 2. The van der Waals surface area contributed by atoms with Gasteiger partial charge in [0.05, 0.1) is 0 Å². The summed E-state index contributed by atoms with van der Waals surface area (Å²) in [5.41, 5.74) is 2.49. The van der Waals surface area contributed by atoms with Gasteiger partial charge in [0.1, 0.15) is 0 Å². The molecule has 4 heterocycles. The van der Waals surface area contributed by atoms with Crippen molar-refractivity contribution in [2.45, 2.75) is 20.8 Å². The van der Waals surface area contributed by atoms with Gasteiger partial charge in [0, 0.05) is 64.0 Å². The Morgan fingerprint density at radius 1 is 0.917 bits per heavy atom. The van der Waals surface area contributed by atoms with Crippen molar-refractivity contribution in [2.24, 2.45) is 7.05 Å². The minimum atomic E-state index is -3.84. The van der Waals surface area contributed by atoms with E-state index in [1.54, 1.807) is 54.9 Å². The summed E-state index contributed by atoms with van der Waals surface area (Å²) in [6.45, 7) is 0. The first-order chi connectivity index (χ1) is 22.9. The number of aromatic amines is 1. The Labute approximate surface area is 286 Å². The molecule has 2 amide bonds. The van der Waals surface area contributed by atoms with E-state index >= 15 is 8.78 Å². The fourth-order valence-corrected chi connectivity index (χ4v) is 7.18. The van der Waals surface area contributed by atoms with Gasteiger partial charge in [-0.15, -0.1) is 26.6 Å². The molecular formula is C30H22F4N8O2S4. The van der Waals surface area contributed by atoms with Crippen LogP contribution in [0.2, 0.25) is 0 Å². The first-order valence-electron chi connectivity index (χ1n) is 13.7. The average molecular weight is 731 g/mol. The zero-order chi connectivity index (χ0) is 34.1. The Bertz CT molecular complexity index is 2050. The fraction of sp³-hybridized carbons (Fsp3) is 0.133. The van der Waals surface area contributed by atoms with Crippen LogP contribution in [0, 0.1) is 0 Å². The molecule has 0 aliphatic rings. The van der Waals surface area contributed by atoms with Gasteiger partial charge >= 0.3 is 22.3 Å². The largest absolute Gasteiger partial charge is 0.378 e. The van der Waals surface area contributed by atoms with Crippen molar-refractivity contribution in [2.75, 3.05) is 17.3 Å². The minimum Gasteiger partial charge on any atom is -0.320 e. The number of hydrogen-bond acceptors (Lipinski definition) is 10. The summed E-state index contributed by atoms with van der Waals surface area (Å²) >= 11 is 2.70. The lowest BCUT2D eigenvalue weighted by molar-refractivity contribution is -0.131. The number of thioether (sulfide) groups is 2. The molecule has 2 aromatic carbocycles. The molecule has 6 rings (SSSR count). The number of anilines is 2. The van der Waals surface area contributed by atoms with Crippen molar-refractivity contribution >= 4 is 69.4 Å². The number of thiophene rings is 2. The van der Waals surface area contributed by atoms with Crippen LogP contribution in [0.5, 0.6) is 0 Å². The molecule has 0 bridgehead atoms. The Morgan fingerprint density at radius 2 is 1.67 bits per heavy atom. The number of hydrogen-bond donors (Lipinski definition) is 2. The van der Waals surface area contributed by atoms with E-state index in [4.69, 9.17) is 0 Å². The third-order valence-electron chi connectivity index (χ3n) is 6.78. The maximum atomic E-state index is 15.1. The second kappa shape index (κ2) is 13.5. The summed E-state index contributed by atoms with van der Waals surface area (Å²) in [6.07, 6.45) is 0. The number of nitrogens with zero attached hydrogens (tertiary/aromatic N) is 6. The van der Waals surface area contributed by atoms with Gasteiger partial charge in [-0.05, 0) is 59.1 Å². The predicted molar refractivity (Wildman–Crippen MR) is 180 cm³/mol. The molecule has 0 aliphatic heterocycles. The van der Waals surface area contributed by atoms with E-state index in [-0.39, 0.29) is 51.0 Å². The highest BCUT2D eigenvalue weighted by Crippen LogP contribution is 2.40. The molecule has 0 atom stereocenters. The number of rotatable bonds is 11. The molecule has 2 N–H and O–H groups in total. The SMILES string of the molecule is CN(C(=O)C(F)(F)Sc1nnc(-c2ccsc2)n1C)c1ccc(-c2cc(-c3nc(SC(F)(F)C(=O)Nc4ccccc4)n[nH]3)cs2)cc1. The number of H-pyrrole nitrogens is 1. The highest BCUT2D eigenvalue weighted by atomic mass is 32.2. The van der Waals surface area contributed by atoms with Gasteiger partial charge in [0.2, 0.25) is 5.16 Å². The number of amides is 2. The van der Waals surface area contributed by atoms with Gasteiger partial charge in [0.25, 0.3) is 0 Å². The smallest absolute Gasteiger partial charge is 0.320 e. The lowest BCUT2D eigenvalue weighted by Crippen LogP contribution is -2.39. The van der Waals surface area contributed by atoms with Crippen molar-refractivity contribution in [3.8, 4) is 33.2 Å². The van der Waals surface area contributed by atoms with Crippen molar-refractivity contribution in [3.63, 3.8) is 0 Å². The molecule has 18 heteroatoms. The maximum Gasteiger partial charge on any atom is 0.378 e. The van der Waals surface area contributed by atoms with Crippen LogP contribution in [0.3, 0.4) is 0 Å². The third-order valence-corrected chi connectivity index (χ3v) is 10.2. The number of alkyl halides is 4. The number of aromatic nitrogens is 6. The molecule has 0 saturated heterocycles. The number of halogens is 4. The molecule has 48 heavy (non-hydrogen) atoms. The summed E-state index contributed by atoms with van der Waals surface area (Å²) < 4.78 is 60.8. The van der Waals surface area contributed by atoms with E-state index in [1.165, 1.54) is 58.6 Å². The molecule has 10 nitrogen and oxygen atoms in total. The van der Waals surface area contributed by atoms with Crippen molar-refractivity contribution in [1.29, 1.82) is 0 Å². The fourth-order valence-electron chi connectivity index (χ4n) is 4.29. The van der Waals surface area contributed by atoms with E-state index in [1.807, 2.05) is 10.8 Å². The summed E-state index contributed by atoms with van der Waals surface area (Å²) in [5.74, 6) is -2.31. The highest BCUT2D eigenvalue weighted by molar-refractivity contribution is 8.01. The highest BCUT2D eigenvalue weighted by Gasteiger charge is 2.45. The molecule has 0 spiro atoms. The van der Waals surface area contributed by atoms with Crippen LogP contribution in [0.25, 0.3) is 33.2 Å². The van der Waals surface area contributed by atoms with E-state index in [0.29, 0.717) is 11.4 Å². The summed E-state index contributed by atoms with van der Waals surface area (Å²) in [7, 11) is 2.82. The van der Waals surface area contributed by atoms with Crippen LogP contribution >= 0.6 is 46.2 Å². The Hall–Kier alpha value is -4.52. The summed E-state index contributed by atoms with van der Waals surface area (Å²) in [5, 5.41) is 13.7. The van der Waals surface area contributed by atoms with Crippen LogP contribution in [0.15, 0.2) is 93.2 Å². The molecule has 6 aromatic rings. The zero-order valence-corrected chi connectivity index (χ0v) is 28.0. The zero-order valence-electron chi connectivity index (χ0n) is 24.7. The molecule has 4 aromatic heterocycles. The monoisotopic (exact) mass is 730 g/mol. The quantitative estimate of drug-likeness (QED) is 0.103. The maximum absolute atomic E-state index is 15.1. The standard InChI is InChI=1S/C30H22F4N8O2S4/c1-41(26(44)30(33,34)48-28-40-38-24(42(28)2)18-12-13-45-15-18)21-10-8-17(9-11-21)22-14-19(16-46-22)23-36-27(39-37-23)47-29(31,32)25(43)35-20-6-4-3-5-7-20/h3-16H,1-2H3,(H,35,43)(H,36,37,39). The lowest BCUT2D eigenvalue weighted by atomic mass is 10.1. The van der Waals surface area contributed by atoms with Crippen LogP contribution in [-0.4, -0.2) is 59.3 Å². The molecular weight excluding hydrogens is 709 g/mol. The van der Waals surface area contributed by atoms with Gasteiger partial charge in [0.15, 0.2) is 16.8 Å². The van der Waals surface area contributed by atoms with E-state index in [0.717, 1.165) is 20.9 Å². The number of carbonyl (C=O) groups is 2. The minimum absolute atomic E-state index is 0.0214. The van der Waals surface area contributed by atoms with E-state index in [9.17, 15) is 18.4 Å². The van der Waals surface area contributed by atoms with E-state index in [2.05, 4.69) is 30.7 Å². The van der Waals surface area contributed by atoms with Crippen LogP contribution in [0.1, 0.15) is 0 Å². The molecule has 0 saturated carbocycles. The van der Waals surface area contributed by atoms with Gasteiger partial charge in [-0.25, -0.2) is 4.98 Å². The van der Waals surface area contributed by atoms with E-state index < -0.39 is 22.3 Å². The molecule has 0 fully saturated rings. The van der Waals surface area contributed by atoms with Gasteiger partial charge < -0.3 is 14.8 Å². The Balaban J connectivity index is 1.09. The number of para-hydroxylation sites is 1. The van der Waals surface area contributed by atoms with Crippen LogP contribution in [0.4, 0.5) is 28.9 Å². The van der Waals surface area contributed by atoms with Gasteiger partial charge in [-0.3, -0.25) is 14.7 Å². The second-order valence-corrected chi connectivity index (χ2v) is 13.9. The Kier molecular flexibility index (Phi) is 9.41. The summed E-state index contributed by atoms with van der Waals surface area (Å²) in [6, 6.07) is 17.9. The molecule has 246 valence electrons. The van der Waals surface area contributed by atoms with Crippen molar-refractivity contribution < 1.29 is 27.2 Å². The second-order valence-electron chi connectivity index (χ2n) is 10.0. The van der Waals surface area contributed by atoms with Crippen molar-refractivity contribution in [1.82, 2.24) is 29.9 Å². The lowest BCUT2D eigenvalue weighted by Gasteiger charge is -2.22. The molecule has 0 aliphatic carbocycles. The number of nitrogens with one attached hydrogen (secondary N) is 2. The average Bonchev–Trinajstić information content (AvgIpc) is 3.90. The number of carbonyl (C=O) groups excluding carboxylic acids is 2. The topological polar surface area (TPSA) is 122 Å². The normalized spacial score (nSPS) is 11.9. The molecule has 0 unspecified atom stereocenters. The van der Waals surface area contributed by atoms with Gasteiger partial charge in [-0.1, -0.05) is 30.3 Å². The first-order valence-corrected chi connectivity index (χ1v) is 17.2. The van der Waals surface area contributed by atoms with Crippen LogP contribution in [-0.2, 0) is 16.6 Å². The van der Waals surface area contributed by atoms with Crippen LogP contribution < -0.4 is 10.2 Å². The van der Waals surface area contributed by atoms with Gasteiger partial charge in [-0.2, -0.15) is 28.9 Å². The summed E-state index contributed by atoms with van der Waals surface area (Å²) in [4.78, 5) is 30.7. The molecule has 0 radical (unpaired) electrons. The third kappa shape index (κ3) is 7.15. The Morgan fingerprint density at radius 3 is 2.38 bits per heavy atom. The first kappa shape index (κ1) is 33.4. The predicted octanol–water partition coefficient (Wildman–Crippen LogP) is 7.73.